The third kappa shape index (κ3) is 9.63. The lowest BCUT2D eigenvalue weighted by Gasteiger charge is -2.47. The summed E-state index contributed by atoms with van der Waals surface area (Å²) in [5, 5.41) is 55.4. The molecule has 4 rings (SSSR count). The van der Waals surface area contributed by atoms with Crippen LogP contribution in [-0.2, 0) is 33.3 Å². The van der Waals surface area contributed by atoms with Crippen molar-refractivity contribution >= 4 is 11.8 Å². The Balaban J connectivity index is 1.56. The van der Waals surface area contributed by atoms with E-state index in [1.165, 1.54) is 4.90 Å². The van der Waals surface area contributed by atoms with E-state index >= 15 is 0 Å². The van der Waals surface area contributed by atoms with Crippen molar-refractivity contribution in [3.63, 3.8) is 0 Å². The van der Waals surface area contributed by atoms with Crippen molar-refractivity contribution in [3.8, 4) is 0 Å². The number of amides is 2. The van der Waals surface area contributed by atoms with Crippen molar-refractivity contribution in [2.45, 2.75) is 151 Å². The molecule has 2 heterocycles. The molecule has 0 spiro atoms. The number of rotatable bonds is 13. The molecule has 8 N–H and O–H groups in total. The van der Waals surface area contributed by atoms with E-state index in [0.717, 1.165) is 44.9 Å². The Bertz CT molecular complexity index is 1020. The molecule has 5 unspecified atom stereocenters. The molecule has 48 heavy (non-hydrogen) atoms. The molecule has 0 aromatic rings. The van der Waals surface area contributed by atoms with Crippen LogP contribution in [0.25, 0.3) is 0 Å². The Morgan fingerprint density at radius 3 is 2.25 bits per heavy atom. The van der Waals surface area contributed by atoms with Crippen LogP contribution in [0.1, 0.15) is 71.6 Å². The maximum atomic E-state index is 13.4. The van der Waals surface area contributed by atoms with Gasteiger partial charge >= 0.3 is 0 Å². The molecule has 2 amide bonds. The van der Waals surface area contributed by atoms with E-state index < -0.39 is 92.0 Å². The maximum absolute atomic E-state index is 13.4. The number of nitrogens with one attached hydrogen (secondary N) is 1. The molecule has 4 fully saturated rings. The third-order valence-electron chi connectivity index (χ3n) is 10.5. The molecular formula is C33H59N3O12. The summed E-state index contributed by atoms with van der Waals surface area (Å²) in [7, 11) is 3.28. The number of hydrogen-bond donors (Lipinski definition) is 7. The molecule has 2 aliphatic carbocycles. The summed E-state index contributed by atoms with van der Waals surface area (Å²) in [6.45, 7) is 2.60. The Labute approximate surface area is 283 Å². The molecule has 15 heteroatoms. The number of carbonyl (C=O) groups is 2. The second kappa shape index (κ2) is 18.1. The molecule has 0 bridgehead atoms. The Morgan fingerprint density at radius 1 is 0.896 bits per heavy atom. The van der Waals surface area contributed by atoms with Crippen molar-refractivity contribution in [1.82, 2.24) is 10.2 Å². The number of nitrogens with two attached hydrogens (primary N) is 1. The van der Waals surface area contributed by atoms with Gasteiger partial charge in [0.25, 0.3) is 5.91 Å². The quantitative estimate of drug-likeness (QED) is 0.121. The molecule has 278 valence electrons. The summed E-state index contributed by atoms with van der Waals surface area (Å²) in [6, 6.07) is -1.10. The Hall–Kier alpha value is -1.50. The van der Waals surface area contributed by atoms with Crippen LogP contribution in [0, 0.1) is 11.8 Å². The van der Waals surface area contributed by atoms with E-state index in [-0.39, 0.29) is 30.9 Å². The molecule has 0 aromatic heterocycles. The normalized spacial score (nSPS) is 40.2. The molecule has 2 saturated heterocycles. The predicted octanol–water partition coefficient (Wildman–Crippen LogP) is -1.22. The SMILES string of the molecule is CC1O[C@@H](CO[C@@H]2C(C)CCC[C@H]2O[C@@H]2O[C@@H](CO)[C@H](O)C(O[C@@H](CC3CCCCC3)C(=O)N(C)C)C2NC(=O)CN)C(O)[C@@H](O)[C@@H]1O. The van der Waals surface area contributed by atoms with Gasteiger partial charge in [0, 0.05) is 14.1 Å². The average molecular weight is 690 g/mol. The minimum Gasteiger partial charge on any atom is -0.394 e. The van der Waals surface area contributed by atoms with Crippen molar-refractivity contribution in [1.29, 1.82) is 0 Å². The van der Waals surface area contributed by atoms with Gasteiger partial charge in [-0.3, -0.25) is 9.59 Å². The lowest BCUT2D eigenvalue weighted by atomic mass is 9.85. The van der Waals surface area contributed by atoms with Gasteiger partial charge in [0.2, 0.25) is 5.91 Å². The van der Waals surface area contributed by atoms with E-state index in [0.29, 0.717) is 12.8 Å². The summed E-state index contributed by atoms with van der Waals surface area (Å²) in [6.07, 6.45) is -4.69. The number of aliphatic hydroxyl groups is 5. The lowest BCUT2D eigenvalue weighted by Crippen LogP contribution is -2.67. The van der Waals surface area contributed by atoms with Crippen LogP contribution in [-0.4, -0.2) is 156 Å². The second-order valence-electron chi connectivity index (χ2n) is 14.3. The number of ether oxygens (including phenoxy) is 5. The van der Waals surface area contributed by atoms with Crippen LogP contribution >= 0.6 is 0 Å². The highest BCUT2D eigenvalue weighted by Crippen LogP contribution is 2.35. The van der Waals surface area contributed by atoms with Gasteiger partial charge in [-0.25, -0.2) is 0 Å². The Morgan fingerprint density at radius 2 is 1.60 bits per heavy atom. The average Bonchev–Trinajstić information content (AvgIpc) is 3.07. The first kappa shape index (κ1) is 39.3. The maximum Gasteiger partial charge on any atom is 0.251 e. The Kier molecular flexibility index (Phi) is 14.8. The summed E-state index contributed by atoms with van der Waals surface area (Å²) >= 11 is 0. The molecule has 15 nitrogen and oxygen atoms in total. The minimum absolute atomic E-state index is 0.00181. The van der Waals surface area contributed by atoms with Crippen LogP contribution in [0.4, 0.5) is 0 Å². The van der Waals surface area contributed by atoms with Gasteiger partial charge in [-0.05, 0) is 38.0 Å². The molecule has 4 aliphatic rings. The molecule has 0 radical (unpaired) electrons. The standard InChI is InChI=1S/C33H59N3O12/c1-17-9-8-12-20(30(17)44-16-23-27(40)29(42)26(39)18(2)45-23)47-33-25(35-24(38)14-34)31(28(41)22(15-37)48-33)46-21(32(43)36(3)4)13-19-10-6-5-7-11-19/h17-23,25-31,33,37,39-42H,5-16,34H2,1-4H3,(H,35,38)/t17?,18?,20-,21+,22+,23+,25?,26-,27?,28+,29+,30-,31?,33-/m1/s1. The number of carbonyl (C=O) groups excluding carboxylic acids is 2. The van der Waals surface area contributed by atoms with Crippen molar-refractivity contribution in [2.75, 3.05) is 33.9 Å². The first-order valence-corrected chi connectivity index (χ1v) is 17.6. The third-order valence-corrected chi connectivity index (χ3v) is 10.5. The lowest BCUT2D eigenvalue weighted by molar-refractivity contribution is -0.306. The number of likely N-dealkylation sites (N-methyl/N-ethyl adjacent to an activating group) is 1. The van der Waals surface area contributed by atoms with Gasteiger partial charge in [-0.2, -0.15) is 0 Å². The van der Waals surface area contributed by atoms with E-state index in [2.05, 4.69) is 5.32 Å². The summed E-state index contributed by atoms with van der Waals surface area (Å²) in [5.41, 5.74) is 5.67. The van der Waals surface area contributed by atoms with Crippen LogP contribution < -0.4 is 11.1 Å². The van der Waals surface area contributed by atoms with Gasteiger partial charge in [0.1, 0.15) is 54.9 Å². The van der Waals surface area contributed by atoms with Gasteiger partial charge in [-0.15, -0.1) is 0 Å². The van der Waals surface area contributed by atoms with Crippen molar-refractivity contribution in [3.05, 3.63) is 0 Å². The predicted molar refractivity (Wildman–Crippen MR) is 171 cm³/mol. The highest BCUT2D eigenvalue weighted by molar-refractivity contribution is 5.80. The molecule has 2 aliphatic heterocycles. The van der Waals surface area contributed by atoms with E-state index in [9.17, 15) is 35.1 Å². The van der Waals surface area contributed by atoms with Crippen LogP contribution in [0.5, 0.6) is 0 Å². The van der Waals surface area contributed by atoms with Crippen molar-refractivity contribution < 1.29 is 58.8 Å². The van der Waals surface area contributed by atoms with Gasteiger partial charge in [-0.1, -0.05) is 45.4 Å². The molecule has 14 atom stereocenters. The minimum atomic E-state index is -1.41. The topological polar surface area (TPSA) is 223 Å². The van der Waals surface area contributed by atoms with Gasteiger partial charge in [0.15, 0.2) is 6.29 Å². The zero-order valence-electron chi connectivity index (χ0n) is 28.8. The fourth-order valence-electron chi connectivity index (χ4n) is 7.57. The van der Waals surface area contributed by atoms with E-state index in [1.807, 2.05) is 6.92 Å². The monoisotopic (exact) mass is 689 g/mol. The molecular weight excluding hydrogens is 630 g/mol. The largest absolute Gasteiger partial charge is 0.394 e. The van der Waals surface area contributed by atoms with Crippen LogP contribution in [0.3, 0.4) is 0 Å². The zero-order chi connectivity index (χ0) is 35.1. The van der Waals surface area contributed by atoms with Crippen molar-refractivity contribution in [2.24, 2.45) is 17.6 Å². The number of hydrogen-bond acceptors (Lipinski definition) is 13. The zero-order valence-corrected chi connectivity index (χ0v) is 28.8. The van der Waals surface area contributed by atoms with E-state index in [1.54, 1.807) is 21.0 Å². The summed E-state index contributed by atoms with van der Waals surface area (Å²) in [4.78, 5) is 27.6. The van der Waals surface area contributed by atoms with E-state index in [4.69, 9.17) is 29.4 Å². The first-order valence-electron chi connectivity index (χ1n) is 17.6. The van der Waals surface area contributed by atoms with Gasteiger partial charge < -0.3 is 65.2 Å². The smallest absolute Gasteiger partial charge is 0.251 e. The fourth-order valence-corrected chi connectivity index (χ4v) is 7.57. The summed E-state index contributed by atoms with van der Waals surface area (Å²) < 4.78 is 31.1. The first-order chi connectivity index (χ1) is 22.9. The highest BCUT2D eigenvalue weighted by atomic mass is 16.7. The molecule has 0 aromatic carbocycles. The van der Waals surface area contributed by atoms with Gasteiger partial charge in [0.05, 0.1) is 38.1 Å². The summed E-state index contributed by atoms with van der Waals surface area (Å²) in [5.74, 6) is -0.550. The van der Waals surface area contributed by atoms with Crippen LogP contribution in [0.2, 0.25) is 0 Å². The second-order valence-corrected chi connectivity index (χ2v) is 14.3. The number of aliphatic hydroxyl groups excluding tert-OH is 5. The highest BCUT2D eigenvalue weighted by Gasteiger charge is 2.51. The fraction of sp³-hybridized carbons (Fsp3) is 0.939. The molecule has 2 saturated carbocycles. The number of nitrogens with zero attached hydrogens (tertiary/aromatic N) is 1. The van der Waals surface area contributed by atoms with Crippen LogP contribution in [0.15, 0.2) is 0 Å².